The number of carboxylic acids is 1. The molecule has 4 saturated carbocycles. The smallest absolute Gasteiger partial charge is 0.481 e. The molecule has 7 rings (SSSR count). The molecule has 0 aliphatic heterocycles. The van der Waals surface area contributed by atoms with Gasteiger partial charge in [-0.25, -0.2) is 4.98 Å². The topological polar surface area (TPSA) is 160 Å². The molecule has 5 aliphatic carbocycles. The van der Waals surface area contributed by atoms with Crippen molar-refractivity contribution in [2.75, 3.05) is 6.54 Å². The molecule has 330 valence electrons. The predicted molar refractivity (Wildman–Crippen MR) is 218 cm³/mol. The molecular weight excluding hydrogens is 776 g/mol. The maximum absolute atomic E-state index is 14.3. The Hall–Kier alpha value is -3.81. The number of carboxylic acid groups (broad SMARTS) is 1. The summed E-state index contributed by atoms with van der Waals surface area (Å²) in [6.07, 6.45) is 4.38. The molecule has 2 aromatic rings. The summed E-state index contributed by atoms with van der Waals surface area (Å²) >= 11 is 0. The number of ketones is 1. The van der Waals surface area contributed by atoms with Gasteiger partial charge in [0.05, 0.1) is 11.8 Å². The van der Waals surface area contributed by atoms with Gasteiger partial charge in [0, 0.05) is 54.6 Å². The van der Waals surface area contributed by atoms with Crippen LogP contribution in [0.4, 0.5) is 13.2 Å². The fraction of sp³-hybridized carbons (Fsp3) is 0.739. The number of aliphatic carboxylic acids is 1. The highest BCUT2D eigenvalue weighted by Crippen LogP contribution is 2.77. The molecule has 0 aromatic carbocycles. The van der Waals surface area contributed by atoms with E-state index >= 15 is 0 Å². The number of allylic oxidation sites excluding steroid dienone is 2. The first-order valence-electron chi connectivity index (χ1n) is 21.9. The molecule has 2 aromatic heterocycles. The van der Waals surface area contributed by atoms with Crippen molar-refractivity contribution in [2.45, 2.75) is 152 Å². The highest BCUT2D eigenvalue weighted by atomic mass is 19.4. The zero-order valence-corrected chi connectivity index (χ0v) is 36.8. The van der Waals surface area contributed by atoms with Gasteiger partial charge in [-0.3, -0.25) is 14.4 Å². The Morgan fingerprint density at radius 3 is 2.30 bits per heavy atom. The number of alkyl halides is 3. The number of aromatic nitrogens is 4. The van der Waals surface area contributed by atoms with Crippen LogP contribution in [-0.4, -0.2) is 61.6 Å². The number of carbonyl (C=O) groups excluding carboxylic acids is 2. The Morgan fingerprint density at radius 1 is 0.967 bits per heavy atom. The maximum atomic E-state index is 14.3. The quantitative estimate of drug-likeness (QED) is 0.209. The van der Waals surface area contributed by atoms with Gasteiger partial charge in [-0.05, 0) is 117 Å². The average Bonchev–Trinajstić information content (AvgIpc) is 3.66. The largest absolute Gasteiger partial charge is 0.574 e. The van der Waals surface area contributed by atoms with Crippen molar-refractivity contribution in [2.24, 2.45) is 61.9 Å². The van der Waals surface area contributed by atoms with Gasteiger partial charge in [0.15, 0.2) is 11.6 Å². The van der Waals surface area contributed by atoms with Gasteiger partial charge in [0.2, 0.25) is 5.88 Å². The van der Waals surface area contributed by atoms with Crippen LogP contribution in [0.3, 0.4) is 0 Å². The van der Waals surface area contributed by atoms with Crippen molar-refractivity contribution in [3.05, 3.63) is 35.3 Å². The normalized spacial score (nSPS) is 33.8. The minimum absolute atomic E-state index is 0.00395. The third kappa shape index (κ3) is 7.08. The van der Waals surface area contributed by atoms with Gasteiger partial charge in [0.25, 0.3) is 0 Å². The van der Waals surface area contributed by atoms with E-state index in [0.29, 0.717) is 48.4 Å². The molecular formula is C46H64F3N5O6. The van der Waals surface area contributed by atoms with E-state index in [1.54, 1.807) is 13.8 Å². The van der Waals surface area contributed by atoms with E-state index in [4.69, 9.17) is 10.5 Å². The van der Waals surface area contributed by atoms with Gasteiger partial charge in [-0.15, -0.1) is 23.4 Å². The number of hydrogen-bond acceptors (Lipinski definition) is 9. The molecule has 0 unspecified atom stereocenters. The lowest BCUT2D eigenvalue weighted by Gasteiger charge is -2.72. The summed E-state index contributed by atoms with van der Waals surface area (Å²) in [5.41, 5.74) is 6.86. The second-order valence-corrected chi connectivity index (χ2v) is 21.2. The van der Waals surface area contributed by atoms with E-state index in [-0.39, 0.29) is 58.3 Å². The molecule has 8 atom stereocenters. The molecule has 0 saturated heterocycles. The lowest BCUT2D eigenvalue weighted by molar-refractivity contribution is -0.276. The molecule has 4 fully saturated rings. The molecule has 60 heavy (non-hydrogen) atoms. The van der Waals surface area contributed by atoms with E-state index in [2.05, 4.69) is 68.4 Å². The van der Waals surface area contributed by atoms with Crippen molar-refractivity contribution < 1.29 is 42.1 Å². The number of nitrogens with two attached hydrogens (primary N) is 1. The van der Waals surface area contributed by atoms with E-state index < -0.39 is 35.0 Å². The number of nitrogens with zero attached hydrogens (tertiary/aromatic N) is 4. The van der Waals surface area contributed by atoms with Crippen molar-refractivity contribution >= 4 is 17.7 Å². The standard InChI is InChI=1S/C46H64F3N5O6/c1-26(2)36-29(55)22-45(23-33-52-53-38(54(33)21-20-50)27-10-13-34(51-25-27)60-46(47,48)49)19-18-43(8)28(37(36)45)11-12-31-42(7)16-15-32(59-35(56)24-40(3,4)39(57)58)41(5,6)30(42)14-17-44(31,43)9/h10,13,25-26,28,30-32H,11-12,14-24,50H2,1-9H3,(H,57,58)/t28-,30+,31-,32+,42+,43-,44-,45+/m1/s1. The van der Waals surface area contributed by atoms with Crippen LogP contribution in [0.1, 0.15) is 132 Å². The molecule has 0 amide bonds. The maximum Gasteiger partial charge on any atom is 0.574 e. The zero-order valence-electron chi connectivity index (χ0n) is 36.8. The van der Waals surface area contributed by atoms with Crippen LogP contribution in [0.25, 0.3) is 11.4 Å². The number of rotatable bonds is 11. The number of halogens is 3. The summed E-state index contributed by atoms with van der Waals surface area (Å²) < 4.78 is 50.7. The van der Waals surface area contributed by atoms with Crippen molar-refractivity contribution in [3.63, 3.8) is 0 Å². The number of Topliss-reactive ketones (excluding diaryl/α,β-unsaturated/α-hetero) is 1. The highest BCUT2D eigenvalue weighted by molar-refractivity contribution is 6.00. The number of carbonyl (C=O) groups is 3. The van der Waals surface area contributed by atoms with Gasteiger partial charge in [-0.1, -0.05) is 54.0 Å². The summed E-state index contributed by atoms with van der Waals surface area (Å²) in [6.45, 7) is 20.1. The summed E-state index contributed by atoms with van der Waals surface area (Å²) in [5.74, 6) is 0.322. The van der Waals surface area contributed by atoms with Crippen LogP contribution >= 0.6 is 0 Å². The van der Waals surface area contributed by atoms with Crippen LogP contribution in [0.5, 0.6) is 5.88 Å². The SMILES string of the molecule is CC(C)C1=C2[C@H]3CC[C@@H]4[C@@]5(C)CC[C@H](OC(=O)CC(C)(C)C(=O)O)C(C)(C)[C@@H]5CC[C@@]4(C)[C@]3(C)CC[C@@]2(Cc2nnc(-c3ccc(OC(F)(F)F)nc3)n2CCN)CC1=O. The van der Waals surface area contributed by atoms with Crippen LogP contribution in [0.2, 0.25) is 0 Å². The van der Waals surface area contributed by atoms with Crippen LogP contribution in [0.15, 0.2) is 29.5 Å². The molecule has 14 heteroatoms. The zero-order chi connectivity index (χ0) is 44.0. The molecule has 0 bridgehead atoms. The Balaban J connectivity index is 1.18. The van der Waals surface area contributed by atoms with Crippen molar-refractivity contribution in [1.82, 2.24) is 19.7 Å². The second-order valence-electron chi connectivity index (χ2n) is 21.2. The summed E-state index contributed by atoms with van der Waals surface area (Å²) in [4.78, 5) is 43.2. The molecule has 0 spiro atoms. The number of pyridine rings is 1. The van der Waals surface area contributed by atoms with E-state index in [1.165, 1.54) is 17.8 Å². The van der Waals surface area contributed by atoms with Gasteiger partial charge < -0.3 is 24.9 Å². The first kappa shape index (κ1) is 44.3. The highest BCUT2D eigenvalue weighted by Gasteiger charge is 2.70. The van der Waals surface area contributed by atoms with Gasteiger partial charge in [-0.2, -0.15) is 0 Å². The fourth-order valence-corrected chi connectivity index (χ4v) is 13.8. The average molecular weight is 840 g/mol. The molecule has 3 N–H and O–H groups in total. The predicted octanol–water partition coefficient (Wildman–Crippen LogP) is 9.13. The van der Waals surface area contributed by atoms with Crippen LogP contribution in [0, 0.1) is 56.2 Å². The Morgan fingerprint density at radius 2 is 1.68 bits per heavy atom. The van der Waals surface area contributed by atoms with Crippen molar-refractivity contribution in [1.29, 1.82) is 0 Å². The number of fused-ring (bicyclic) bond motifs is 7. The molecule has 2 heterocycles. The summed E-state index contributed by atoms with van der Waals surface area (Å²) in [6, 6.07) is 2.64. The van der Waals surface area contributed by atoms with Crippen molar-refractivity contribution in [3.8, 4) is 17.3 Å². The van der Waals surface area contributed by atoms with Crippen LogP contribution < -0.4 is 10.5 Å². The minimum atomic E-state index is -4.86. The number of ether oxygens (including phenoxy) is 2. The first-order chi connectivity index (χ1) is 27.8. The number of hydrogen-bond donors (Lipinski definition) is 2. The minimum Gasteiger partial charge on any atom is -0.481 e. The summed E-state index contributed by atoms with van der Waals surface area (Å²) in [7, 11) is 0. The second kappa shape index (κ2) is 14.9. The third-order valence-corrected chi connectivity index (χ3v) is 16.8. The third-order valence-electron chi connectivity index (χ3n) is 16.8. The Labute approximate surface area is 351 Å². The van der Waals surface area contributed by atoms with Gasteiger partial charge >= 0.3 is 18.3 Å². The molecule has 0 radical (unpaired) electrons. The lowest BCUT2D eigenvalue weighted by Crippen LogP contribution is -2.65. The van der Waals surface area contributed by atoms with Crippen LogP contribution in [-0.2, 0) is 32.1 Å². The first-order valence-corrected chi connectivity index (χ1v) is 21.9. The lowest BCUT2D eigenvalue weighted by atomic mass is 9.33. The van der Waals surface area contributed by atoms with E-state index in [0.717, 1.165) is 63.0 Å². The molecule has 5 aliphatic rings. The monoisotopic (exact) mass is 839 g/mol. The van der Waals surface area contributed by atoms with Gasteiger partial charge in [0.1, 0.15) is 11.9 Å². The Bertz CT molecular complexity index is 2060. The van der Waals surface area contributed by atoms with E-state index in [9.17, 15) is 32.7 Å². The fourth-order valence-electron chi connectivity index (χ4n) is 13.8. The summed E-state index contributed by atoms with van der Waals surface area (Å²) in [5, 5.41) is 18.8. The molecule has 11 nitrogen and oxygen atoms in total. The Kier molecular flexibility index (Phi) is 11.0. The number of esters is 1. The van der Waals surface area contributed by atoms with E-state index in [1.807, 2.05) is 4.57 Å².